The molecule has 0 saturated heterocycles. The summed E-state index contributed by atoms with van der Waals surface area (Å²) in [5.41, 5.74) is 4.46. The van der Waals surface area contributed by atoms with Gasteiger partial charge in [-0.1, -0.05) is 55.8 Å². The molecule has 1 unspecified atom stereocenters. The average molecular weight is 320 g/mol. The van der Waals surface area contributed by atoms with Gasteiger partial charge in [-0.3, -0.25) is 9.36 Å². The van der Waals surface area contributed by atoms with Gasteiger partial charge in [-0.2, -0.15) is 0 Å². The van der Waals surface area contributed by atoms with E-state index >= 15 is 0 Å². The first-order valence-electron chi connectivity index (χ1n) is 8.61. The number of carbonyl (C=O) groups is 1. The zero-order chi connectivity index (χ0) is 16.9. The maximum atomic E-state index is 11.7. The van der Waals surface area contributed by atoms with E-state index in [1.54, 1.807) is 4.57 Å². The highest BCUT2D eigenvalue weighted by Crippen LogP contribution is 2.29. The fraction of sp³-hybridized carbons (Fsp3) is 0.286. The predicted octanol–water partition coefficient (Wildman–Crippen LogP) is 4.39. The third kappa shape index (κ3) is 3.07. The third-order valence-electron chi connectivity index (χ3n) is 4.61. The first-order valence-corrected chi connectivity index (χ1v) is 8.61. The molecule has 2 aromatic rings. The Balaban J connectivity index is 2.05. The Morgan fingerprint density at radius 3 is 2.88 bits per heavy atom. The van der Waals surface area contributed by atoms with Gasteiger partial charge in [0.15, 0.2) is 0 Å². The number of para-hydroxylation sites is 1. The summed E-state index contributed by atoms with van der Waals surface area (Å²) >= 11 is 0. The van der Waals surface area contributed by atoms with E-state index in [1.807, 2.05) is 25.3 Å². The Labute approximate surface area is 143 Å². The van der Waals surface area contributed by atoms with E-state index in [9.17, 15) is 4.79 Å². The lowest BCUT2D eigenvalue weighted by Gasteiger charge is -2.11. The molecule has 0 saturated carbocycles. The molecule has 1 aromatic heterocycles. The van der Waals surface area contributed by atoms with Crippen LogP contribution in [0.15, 0.2) is 48.7 Å². The number of nitrogens with one attached hydrogen (secondary N) is 1. The van der Waals surface area contributed by atoms with Crippen LogP contribution in [0.4, 0.5) is 0 Å². The largest absolute Gasteiger partial charge is 0.381 e. The minimum atomic E-state index is 0.186. The second-order valence-corrected chi connectivity index (χ2v) is 6.18. The van der Waals surface area contributed by atoms with Crippen LogP contribution in [0, 0.1) is 6.92 Å². The summed E-state index contributed by atoms with van der Waals surface area (Å²) in [6.45, 7) is 4.24. The quantitative estimate of drug-likeness (QED) is 0.801. The predicted molar refractivity (Wildman–Crippen MR) is 102 cm³/mol. The second-order valence-electron chi connectivity index (χ2n) is 6.18. The van der Waals surface area contributed by atoms with E-state index in [1.165, 1.54) is 10.9 Å². The second kappa shape index (κ2) is 7.35. The summed E-state index contributed by atoms with van der Waals surface area (Å²) in [5, 5.41) is 4.48. The summed E-state index contributed by atoms with van der Waals surface area (Å²) in [7, 11) is 0. The molecule has 3 nitrogen and oxygen atoms in total. The van der Waals surface area contributed by atoms with Crippen molar-refractivity contribution in [1.29, 1.82) is 0 Å². The van der Waals surface area contributed by atoms with E-state index in [0.29, 0.717) is 0 Å². The summed E-state index contributed by atoms with van der Waals surface area (Å²) < 4.78 is 1.80. The molecule has 0 spiro atoms. The maximum absolute atomic E-state index is 11.7. The molecule has 1 aliphatic heterocycles. The number of hydrogen-bond acceptors (Lipinski definition) is 2. The Morgan fingerprint density at radius 2 is 2.17 bits per heavy atom. The van der Waals surface area contributed by atoms with Crippen molar-refractivity contribution >= 4 is 23.4 Å². The highest BCUT2D eigenvalue weighted by molar-refractivity contribution is 5.96. The van der Waals surface area contributed by atoms with Crippen molar-refractivity contribution in [3.8, 4) is 0 Å². The van der Waals surface area contributed by atoms with Crippen molar-refractivity contribution in [3.05, 3.63) is 65.5 Å². The molecule has 0 aliphatic carbocycles. The first-order chi connectivity index (χ1) is 11.8. The number of aryl methyl sites for hydroxylation is 1. The van der Waals surface area contributed by atoms with Gasteiger partial charge in [-0.25, -0.2) is 0 Å². The van der Waals surface area contributed by atoms with E-state index < -0.39 is 0 Å². The molecule has 3 heteroatoms. The van der Waals surface area contributed by atoms with E-state index in [2.05, 4.69) is 48.7 Å². The van der Waals surface area contributed by atoms with Gasteiger partial charge >= 0.3 is 0 Å². The summed E-state index contributed by atoms with van der Waals surface area (Å²) in [6.07, 6.45) is 16.5. The molecule has 1 aromatic carbocycles. The molecule has 3 rings (SSSR count). The topological polar surface area (TPSA) is 34.0 Å². The lowest BCUT2D eigenvalue weighted by Crippen LogP contribution is -2.20. The lowest BCUT2D eigenvalue weighted by atomic mass is 10.0. The smallest absolute Gasteiger partial charge is 0.218 e. The zero-order valence-electron chi connectivity index (χ0n) is 14.3. The maximum Gasteiger partial charge on any atom is 0.218 e. The Kier molecular flexibility index (Phi) is 4.99. The van der Waals surface area contributed by atoms with Gasteiger partial charge in [0.2, 0.25) is 6.41 Å². The standard InChI is InChI=1S/C21H24N2O/c1-3-4-10-19-16(2)23(15-24)21-17(8-7-11-20(19)21)12-13-18-9-5-6-14-22-18/h5-9,11-15,18,22H,3-4,10H2,1-2H3/b13-12+. The average Bonchev–Trinajstić information content (AvgIpc) is 2.90. The van der Waals surface area contributed by atoms with Crippen LogP contribution in [0.2, 0.25) is 0 Å². The molecule has 0 radical (unpaired) electrons. The summed E-state index contributed by atoms with van der Waals surface area (Å²) in [4.78, 5) is 11.7. The Hall–Kier alpha value is -2.55. The molecule has 1 atom stereocenters. The highest BCUT2D eigenvalue weighted by atomic mass is 16.1. The van der Waals surface area contributed by atoms with E-state index in [-0.39, 0.29) is 6.04 Å². The van der Waals surface area contributed by atoms with Gasteiger partial charge in [0.1, 0.15) is 0 Å². The van der Waals surface area contributed by atoms with Crippen LogP contribution in [0.3, 0.4) is 0 Å². The SMILES string of the molecule is CCCCc1c(C)n(C=O)c2c(/C=C/C3C=CC=CN3)cccc12. The molecule has 1 N–H and O–H groups in total. The van der Waals surface area contributed by atoms with E-state index in [0.717, 1.165) is 42.4 Å². The Morgan fingerprint density at radius 1 is 1.29 bits per heavy atom. The molecule has 1 aliphatic rings. The van der Waals surface area contributed by atoms with Crippen LogP contribution in [0.1, 0.15) is 36.6 Å². The number of nitrogens with zero attached hydrogens (tertiary/aromatic N) is 1. The van der Waals surface area contributed by atoms with Crippen molar-refractivity contribution in [1.82, 2.24) is 9.88 Å². The first kappa shape index (κ1) is 16.3. The molecular weight excluding hydrogens is 296 g/mol. The van der Waals surface area contributed by atoms with Crippen molar-refractivity contribution < 1.29 is 4.79 Å². The van der Waals surface area contributed by atoms with Gasteiger partial charge < -0.3 is 5.32 Å². The van der Waals surface area contributed by atoms with Gasteiger partial charge in [0, 0.05) is 11.1 Å². The number of hydrogen-bond donors (Lipinski definition) is 1. The van der Waals surface area contributed by atoms with Crippen molar-refractivity contribution in [2.45, 2.75) is 39.2 Å². The number of carbonyl (C=O) groups excluding carboxylic acids is 1. The van der Waals surface area contributed by atoms with E-state index in [4.69, 9.17) is 0 Å². The summed E-state index contributed by atoms with van der Waals surface area (Å²) in [5.74, 6) is 0. The molecular formula is C21H24N2O. The number of dihydropyridines is 1. The van der Waals surface area contributed by atoms with Gasteiger partial charge in [-0.05, 0) is 43.2 Å². The number of rotatable bonds is 6. The molecule has 2 heterocycles. The fourth-order valence-corrected chi connectivity index (χ4v) is 3.31. The van der Waals surface area contributed by atoms with Crippen LogP contribution >= 0.6 is 0 Å². The van der Waals surface area contributed by atoms with Gasteiger partial charge in [0.05, 0.1) is 11.6 Å². The monoisotopic (exact) mass is 320 g/mol. The number of unbranched alkanes of at least 4 members (excludes halogenated alkanes) is 1. The number of benzene rings is 1. The Bertz CT molecular complexity index is 824. The van der Waals surface area contributed by atoms with Crippen molar-refractivity contribution in [2.24, 2.45) is 0 Å². The van der Waals surface area contributed by atoms with Crippen LogP contribution in [-0.2, 0) is 11.2 Å². The molecule has 0 amide bonds. The molecule has 0 bridgehead atoms. The van der Waals surface area contributed by atoms with Crippen LogP contribution in [-0.4, -0.2) is 17.0 Å². The van der Waals surface area contributed by atoms with Crippen molar-refractivity contribution in [2.75, 3.05) is 0 Å². The van der Waals surface area contributed by atoms with Gasteiger partial charge in [-0.15, -0.1) is 0 Å². The highest BCUT2D eigenvalue weighted by Gasteiger charge is 2.15. The molecule has 0 fully saturated rings. The van der Waals surface area contributed by atoms with Crippen molar-refractivity contribution in [3.63, 3.8) is 0 Å². The van der Waals surface area contributed by atoms with Gasteiger partial charge in [0.25, 0.3) is 0 Å². The van der Waals surface area contributed by atoms with Crippen LogP contribution in [0.5, 0.6) is 0 Å². The zero-order valence-corrected chi connectivity index (χ0v) is 14.3. The minimum Gasteiger partial charge on any atom is -0.381 e. The normalized spacial score (nSPS) is 16.8. The number of allylic oxidation sites excluding steroid dienone is 2. The fourth-order valence-electron chi connectivity index (χ4n) is 3.31. The minimum absolute atomic E-state index is 0.186. The summed E-state index contributed by atoms with van der Waals surface area (Å²) in [6, 6.07) is 6.47. The third-order valence-corrected chi connectivity index (χ3v) is 4.61. The number of aromatic nitrogens is 1. The van der Waals surface area contributed by atoms with Crippen LogP contribution < -0.4 is 5.32 Å². The lowest BCUT2D eigenvalue weighted by molar-refractivity contribution is 0.547. The van der Waals surface area contributed by atoms with Crippen LogP contribution in [0.25, 0.3) is 17.0 Å². The number of fused-ring (bicyclic) bond motifs is 1. The molecule has 24 heavy (non-hydrogen) atoms. The molecule has 124 valence electrons.